The van der Waals surface area contributed by atoms with Gasteiger partial charge in [-0.05, 0) is 30.2 Å². The third-order valence-corrected chi connectivity index (χ3v) is 3.55. The van der Waals surface area contributed by atoms with Crippen LogP contribution in [-0.2, 0) is 17.4 Å². The van der Waals surface area contributed by atoms with Crippen molar-refractivity contribution >= 4 is 17.5 Å². The molecule has 23 heavy (non-hydrogen) atoms. The Hall–Kier alpha value is -2.64. The van der Waals surface area contributed by atoms with Crippen LogP contribution in [0.2, 0.25) is 0 Å². The number of alkyl halides is 3. The van der Waals surface area contributed by atoms with Crippen molar-refractivity contribution in [3.05, 3.63) is 47.3 Å². The third kappa shape index (κ3) is 3.25. The van der Waals surface area contributed by atoms with Crippen LogP contribution in [0.1, 0.15) is 29.8 Å². The van der Waals surface area contributed by atoms with Gasteiger partial charge in [-0.15, -0.1) is 0 Å². The number of halogens is 3. The van der Waals surface area contributed by atoms with E-state index in [-0.39, 0.29) is 17.9 Å². The zero-order chi connectivity index (χ0) is 16.6. The monoisotopic (exact) mass is 322 g/mol. The van der Waals surface area contributed by atoms with Gasteiger partial charge in [0.25, 0.3) is 0 Å². The summed E-state index contributed by atoms with van der Waals surface area (Å²) in [6.45, 7) is 1.79. The number of rotatable bonds is 3. The Balaban J connectivity index is 1.79. The van der Waals surface area contributed by atoms with E-state index in [1.165, 1.54) is 0 Å². The van der Waals surface area contributed by atoms with Crippen molar-refractivity contribution in [2.45, 2.75) is 25.6 Å². The second-order valence-corrected chi connectivity index (χ2v) is 5.27. The highest BCUT2D eigenvalue weighted by molar-refractivity contribution is 5.99. The highest BCUT2D eigenvalue weighted by Crippen LogP contribution is 2.29. The summed E-state index contributed by atoms with van der Waals surface area (Å²) >= 11 is 0. The second-order valence-electron chi connectivity index (χ2n) is 5.27. The van der Waals surface area contributed by atoms with Gasteiger partial charge in [0, 0.05) is 11.9 Å². The second kappa shape index (κ2) is 5.53. The lowest BCUT2D eigenvalue weighted by atomic mass is 10.0. The van der Waals surface area contributed by atoms with Crippen molar-refractivity contribution in [1.82, 2.24) is 9.97 Å². The number of fused-ring (bicyclic) bond motifs is 1. The Morgan fingerprint density at radius 3 is 2.83 bits per heavy atom. The van der Waals surface area contributed by atoms with Gasteiger partial charge in [0.1, 0.15) is 5.69 Å². The first-order valence-corrected chi connectivity index (χ1v) is 6.92. The quantitative estimate of drug-likeness (QED) is 0.911. The predicted octanol–water partition coefficient (Wildman–Crippen LogP) is 3.16. The molecular weight excluding hydrogens is 309 g/mol. The number of aromatic nitrogens is 2. The highest BCUT2D eigenvalue weighted by atomic mass is 19.4. The minimum atomic E-state index is -4.51. The standard InChI is InChI=1S/C15H13F3N4O/c1-8(9-2-3-11-10(6-9)7-13(23)21-11)20-14-19-5-4-12(22-14)15(16,17)18/h2-6,8H,7H2,1H3,(H,21,23)(H,19,20,22)/t8-/m1/s1. The molecular formula is C15H13F3N4O. The average molecular weight is 322 g/mol. The largest absolute Gasteiger partial charge is 0.433 e. The summed E-state index contributed by atoms with van der Waals surface area (Å²) in [5.41, 5.74) is 1.47. The molecule has 2 heterocycles. The fraction of sp³-hybridized carbons (Fsp3) is 0.267. The average Bonchev–Trinajstić information content (AvgIpc) is 2.85. The van der Waals surface area contributed by atoms with Crippen molar-refractivity contribution in [2.75, 3.05) is 10.6 Å². The maximum Gasteiger partial charge on any atom is 0.433 e. The molecule has 0 spiro atoms. The van der Waals surface area contributed by atoms with E-state index in [9.17, 15) is 18.0 Å². The Morgan fingerprint density at radius 2 is 2.09 bits per heavy atom. The van der Waals surface area contributed by atoms with Crippen LogP contribution in [0.25, 0.3) is 0 Å². The minimum Gasteiger partial charge on any atom is -0.348 e. The Labute approximate surface area is 130 Å². The van der Waals surface area contributed by atoms with Gasteiger partial charge in [-0.1, -0.05) is 12.1 Å². The van der Waals surface area contributed by atoms with Crippen molar-refractivity contribution < 1.29 is 18.0 Å². The lowest BCUT2D eigenvalue weighted by Gasteiger charge is -2.16. The van der Waals surface area contributed by atoms with Crippen LogP contribution in [0.4, 0.5) is 24.8 Å². The number of nitrogens with zero attached hydrogens (tertiary/aromatic N) is 2. The lowest BCUT2D eigenvalue weighted by Crippen LogP contribution is -2.14. The van der Waals surface area contributed by atoms with Gasteiger partial charge in [0.05, 0.1) is 12.5 Å². The Morgan fingerprint density at radius 1 is 1.30 bits per heavy atom. The molecule has 2 aromatic rings. The number of carbonyl (C=O) groups excluding carboxylic acids is 1. The van der Waals surface area contributed by atoms with E-state index < -0.39 is 11.9 Å². The van der Waals surface area contributed by atoms with Crippen molar-refractivity contribution in [1.29, 1.82) is 0 Å². The van der Waals surface area contributed by atoms with Crippen LogP contribution < -0.4 is 10.6 Å². The van der Waals surface area contributed by atoms with E-state index in [4.69, 9.17) is 0 Å². The molecule has 8 heteroatoms. The Bertz CT molecular complexity index is 761. The number of carbonyl (C=O) groups is 1. The summed E-state index contributed by atoms with van der Waals surface area (Å²) in [6, 6.07) is 5.94. The van der Waals surface area contributed by atoms with Crippen LogP contribution in [-0.4, -0.2) is 15.9 Å². The molecule has 1 aliphatic heterocycles. The molecule has 0 unspecified atom stereocenters. The minimum absolute atomic E-state index is 0.0704. The molecule has 1 atom stereocenters. The smallest absolute Gasteiger partial charge is 0.348 e. The van der Waals surface area contributed by atoms with Gasteiger partial charge in [-0.3, -0.25) is 4.79 Å². The zero-order valence-electron chi connectivity index (χ0n) is 12.1. The summed E-state index contributed by atoms with van der Waals surface area (Å²) in [6.07, 6.45) is -3.14. The number of amides is 1. The van der Waals surface area contributed by atoms with Crippen LogP contribution in [0.15, 0.2) is 30.5 Å². The molecule has 2 N–H and O–H groups in total. The first-order valence-electron chi connectivity index (χ1n) is 6.92. The molecule has 0 aliphatic carbocycles. The summed E-state index contributed by atoms with van der Waals surface area (Å²) in [5, 5.41) is 5.57. The van der Waals surface area contributed by atoms with Crippen LogP contribution in [0.3, 0.4) is 0 Å². The fourth-order valence-corrected chi connectivity index (χ4v) is 2.38. The number of nitrogens with one attached hydrogen (secondary N) is 2. The van der Waals surface area contributed by atoms with E-state index in [0.29, 0.717) is 6.42 Å². The number of hydrogen-bond acceptors (Lipinski definition) is 4. The molecule has 0 radical (unpaired) electrons. The molecule has 3 rings (SSSR count). The van der Waals surface area contributed by atoms with Crippen molar-refractivity contribution in [3.63, 3.8) is 0 Å². The summed E-state index contributed by atoms with van der Waals surface area (Å²) < 4.78 is 38.0. The first kappa shape index (κ1) is 15.3. The van der Waals surface area contributed by atoms with E-state index >= 15 is 0 Å². The molecule has 1 amide bonds. The molecule has 0 bridgehead atoms. The fourth-order valence-electron chi connectivity index (χ4n) is 2.38. The maximum atomic E-state index is 12.7. The normalized spacial score (nSPS) is 15.0. The van der Waals surface area contributed by atoms with Gasteiger partial charge >= 0.3 is 6.18 Å². The van der Waals surface area contributed by atoms with E-state index in [2.05, 4.69) is 20.6 Å². The molecule has 1 aromatic heterocycles. The highest BCUT2D eigenvalue weighted by Gasteiger charge is 2.32. The molecule has 1 aromatic carbocycles. The number of hydrogen-bond donors (Lipinski definition) is 2. The molecule has 0 saturated carbocycles. The SMILES string of the molecule is C[C@@H](Nc1nccc(C(F)(F)F)n1)c1ccc2c(c1)CC(=O)N2. The summed E-state index contributed by atoms with van der Waals surface area (Å²) in [5.74, 6) is -0.166. The molecule has 0 fully saturated rings. The van der Waals surface area contributed by atoms with Crippen molar-refractivity contribution in [2.24, 2.45) is 0 Å². The van der Waals surface area contributed by atoms with Crippen LogP contribution in [0, 0.1) is 0 Å². The van der Waals surface area contributed by atoms with Gasteiger partial charge in [0.15, 0.2) is 0 Å². The molecule has 120 valence electrons. The topological polar surface area (TPSA) is 66.9 Å². The van der Waals surface area contributed by atoms with Gasteiger partial charge in [-0.25, -0.2) is 9.97 Å². The van der Waals surface area contributed by atoms with Crippen LogP contribution in [0.5, 0.6) is 0 Å². The summed E-state index contributed by atoms with van der Waals surface area (Å²) in [4.78, 5) is 18.6. The lowest BCUT2D eigenvalue weighted by molar-refractivity contribution is -0.141. The number of benzene rings is 1. The van der Waals surface area contributed by atoms with E-state index in [1.807, 2.05) is 6.07 Å². The number of anilines is 2. The van der Waals surface area contributed by atoms with Gasteiger partial charge in [0.2, 0.25) is 11.9 Å². The van der Waals surface area contributed by atoms with Gasteiger partial charge in [-0.2, -0.15) is 13.2 Å². The molecule has 5 nitrogen and oxygen atoms in total. The molecule has 0 saturated heterocycles. The maximum absolute atomic E-state index is 12.7. The van der Waals surface area contributed by atoms with Gasteiger partial charge < -0.3 is 10.6 Å². The first-order chi connectivity index (χ1) is 10.8. The van der Waals surface area contributed by atoms with E-state index in [0.717, 1.165) is 29.1 Å². The third-order valence-electron chi connectivity index (χ3n) is 3.55. The van der Waals surface area contributed by atoms with E-state index in [1.54, 1.807) is 19.1 Å². The van der Waals surface area contributed by atoms with Crippen molar-refractivity contribution in [3.8, 4) is 0 Å². The molecule has 1 aliphatic rings. The van der Waals surface area contributed by atoms with Crippen LogP contribution >= 0.6 is 0 Å². The predicted molar refractivity (Wildman–Crippen MR) is 77.8 cm³/mol. The summed E-state index contributed by atoms with van der Waals surface area (Å²) in [7, 11) is 0. The zero-order valence-corrected chi connectivity index (χ0v) is 12.1. The Kier molecular flexibility index (Phi) is 3.67.